The van der Waals surface area contributed by atoms with Crippen molar-refractivity contribution >= 4 is 38.4 Å². The molecule has 158 valence electrons. The lowest BCUT2D eigenvalue weighted by Gasteiger charge is -2.25. The first-order valence-corrected chi connectivity index (χ1v) is 12.7. The maximum Gasteiger partial charge on any atom is 0.250 e. The van der Waals surface area contributed by atoms with E-state index in [1.54, 1.807) is 0 Å². The number of carbonyl (C=O) groups is 1. The number of nitrogens with zero attached hydrogens (tertiary/aromatic N) is 2. The Morgan fingerprint density at radius 3 is 2.47 bits per heavy atom. The van der Waals surface area contributed by atoms with Crippen LogP contribution in [0.25, 0.3) is 0 Å². The third-order valence-electron chi connectivity index (χ3n) is 5.40. The highest BCUT2D eigenvalue weighted by Crippen LogP contribution is 2.41. The first kappa shape index (κ1) is 20.9. The predicted octanol–water partition coefficient (Wildman–Crippen LogP) is 4.13. The van der Waals surface area contributed by atoms with E-state index in [2.05, 4.69) is 4.99 Å². The fourth-order valence-corrected chi connectivity index (χ4v) is 7.46. The zero-order valence-corrected chi connectivity index (χ0v) is 18.5. The minimum Gasteiger partial charge on any atom is -0.457 e. The van der Waals surface area contributed by atoms with E-state index < -0.39 is 9.84 Å². The molecule has 2 fully saturated rings. The number of ether oxygens (including phenoxy) is 1. The van der Waals surface area contributed by atoms with Gasteiger partial charge >= 0.3 is 0 Å². The van der Waals surface area contributed by atoms with Gasteiger partial charge in [0.1, 0.15) is 11.5 Å². The largest absolute Gasteiger partial charge is 0.457 e. The summed E-state index contributed by atoms with van der Waals surface area (Å²) < 4.78 is 30.2. The van der Waals surface area contributed by atoms with E-state index >= 15 is 0 Å². The van der Waals surface area contributed by atoms with Crippen LogP contribution in [0.5, 0.6) is 11.5 Å². The lowest BCUT2D eigenvalue weighted by atomic mass is 10.1. The number of sulfone groups is 1. The third kappa shape index (κ3) is 4.39. The van der Waals surface area contributed by atoms with Crippen molar-refractivity contribution in [1.29, 1.82) is 0 Å². The van der Waals surface area contributed by atoms with E-state index in [1.165, 1.54) is 11.8 Å². The molecule has 1 amide bonds. The maximum absolute atomic E-state index is 12.4. The molecule has 0 saturated carbocycles. The number of para-hydroxylation sites is 1. The number of amides is 1. The van der Waals surface area contributed by atoms with E-state index in [-0.39, 0.29) is 34.6 Å². The van der Waals surface area contributed by atoms with Crippen LogP contribution in [0.1, 0.15) is 20.3 Å². The summed E-state index contributed by atoms with van der Waals surface area (Å²) in [5.41, 5.74) is 0.809. The first-order valence-electron chi connectivity index (χ1n) is 9.98. The number of hydrogen-bond donors (Lipinski definition) is 0. The van der Waals surface area contributed by atoms with Crippen LogP contribution < -0.4 is 9.64 Å². The van der Waals surface area contributed by atoms with Gasteiger partial charge in [-0.1, -0.05) is 43.8 Å². The third-order valence-corrected chi connectivity index (χ3v) is 8.61. The number of anilines is 1. The van der Waals surface area contributed by atoms with Crippen LogP contribution in [0.4, 0.5) is 5.69 Å². The number of thioether (sulfide) groups is 1. The van der Waals surface area contributed by atoms with Gasteiger partial charge in [-0.25, -0.2) is 8.42 Å². The summed E-state index contributed by atoms with van der Waals surface area (Å²) in [4.78, 5) is 18.7. The zero-order chi connectivity index (χ0) is 21.3. The molecule has 3 atom stereocenters. The molecule has 2 aromatic carbocycles. The van der Waals surface area contributed by atoms with Crippen molar-refractivity contribution in [3.8, 4) is 11.5 Å². The van der Waals surface area contributed by atoms with E-state index in [4.69, 9.17) is 4.74 Å². The highest BCUT2D eigenvalue weighted by atomic mass is 32.2. The molecule has 2 saturated heterocycles. The van der Waals surface area contributed by atoms with Gasteiger partial charge in [-0.05, 0) is 42.8 Å². The van der Waals surface area contributed by atoms with Gasteiger partial charge in [-0.3, -0.25) is 4.79 Å². The molecular weight excluding hydrogens is 420 g/mol. The topological polar surface area (TPSA) is 76.0 Å². The minimum absolute atomic E-state index is 0.0729. The molecule has 0 bridgehead atoms. The number of hydrogen-bond acceptors (Lipinski definition) is 5. The van der Waals surface area contributed by atoms with Crippen LogP contribution in [0.15, 0.2) is 59.6 Å². The van der Waals surface area contributed by atoms with Gasteiger partial charge in [0.25, 0.3) is 5.91 Å². The molecule has 0 unspecified atom stereocenters. The molecule has 2 aliphatic heterocycles. The first-order chi connectivity index (χ1) is 14.4. The predicted molar refractivity (Wildman–Crippen MR) is 121 cm³/mol. The van der Waals surface area contributed by atoms with Crippen LogP contribution >= 0.6 is 11.8 Å². The number of rotatable bonds is 5. The van der Waals surface area contributed by atoms with Gasteiger partial charge in [-0.15, -0.1) is 0 Å². The Kier molecular flexibility index (Phi) is 5.88. The van der Waals surface area contributed by atoms with Crippen LogP contribution in [-0.2, 0) is 14.6 Å². The summed E-state index contributed by atoms with van der Waals surface area (Å²) in [6, 6.07) is 16.7. The molecular formula is C22H24N2O4S2. The second-order valence-corrected chi connectivity index (χ2v) is 11.0. The van der Waals surface area contributed by atoms with Crippen molar-refractivity contribution in [2.75, 3.05) is 16.4 Å². The number of fused-ring (bicyclic) bond motifs is 1. The van der Waals surface area contributed by atoms with Crippen molar-refractivity contribution in [2.45, 2.75) is 31.6 Å². The van der Waals surface area contributed by atoms with Crippen LogP contribution in [0, 0.1) is 5.92 Å². The van der Waals surface area contributed by atoms with Gasteiger partial charge in [0, 0.05) is 16.9 Å². The molecule has 0 N–H and O–H groups in total. The number of carbonyl (C=O) groups excluding carboxylic acids is 1. The Labute approximate surface area is 181 Å². The minimum atomic E-state index is -3.10. The second-order valence-electron chi connectivity index (χ2n) is 7.62. The smallest absolute Gasteiger partial charge is 0.250 e. The number of aliphatic imine (C=N–C) groups is 1. The molecule has 30 heavy (non-hydrogen) atoms. The Bertz CT molecular complexity index is 1050. The van der Waals surface area contributed by atoms with Crippen molar-refractivity contribution < 1.29 is 17.9 Å². The lowest BCUT2D eigenvalue weighted by Crippen LogP contribution is -2.37. The van der Waals surface area contributed by atoms with Crippen molar-refractivity contribution in [1.82, 2.24) is 0 Å². The van der Waals surface area contributed by atoms with Gasteiger partial charge in [-0.2, -0.15) is 4.99 Å². The molecule has 8 heteroatoms. The second kappa shape index (κ2) is 8.43. The van der Waals surface area contributed by atoms with Crippen molar-refractivity contribution in [3.05, 3.63) is 54.6 Å². The quantitative estimate of drug-likeness (QED) is 0.690. The molecule has 6 nitrogen and oxygen atoms in total. The lowest BCUT2D eigenvalue weighted by molar-refractivity contribution is -0.121. The van der Waals surface area contributed by atoms with Gasteiger partial charge < -0.3 is 9.64 Å². The Morgan fingerprint density at radius 1 is 1.13 bits per heavy atom. The molecule has 2 heterocycles. The van der Waals surface area contributed by atoms with Crippen LogP contribution in [0.3, 0.4) is 0 Å². The summed E-state index contributed by atoms with van der Waals surface area (Å²) in [5, 5.41) is 0.473. The summed E-state index contributed by atoms with van der Waals surface area (Å²) in [6.07, 6.45) is 0.715. The average Bonchev–Trinajstić information content (AvgIpc) is 3.19. The standard InChI is InChI=1S/C22H24N2O4S2/c1-3-15(2)21(25)23-22-24(19-13-30(26,27)14-20(19)29-22)16-9-11-18(12-10-16)28-17-7-5-4-6-8-17/h4-12,15,19-20H,3,13-14H2,1-2H3/t15-,19-,20+/m1/s1. The summed E-state index contributed by atoms with van der Waals surface area (Å²) in [7, 11) is -3.10. The molecule has 0 aromatic heterocycles. The van der Waals surface area contributed by atoms with Crippen LogP contribution in [-0.4, -0.2) is 42.3 Å². The average molecular weight is 445 g/mol. The molecule has 0 aliphatic carbocycles. The Hall–Kier alpha value is -2.32. The van der Waals surface area contributed by atoms with Gasteiger partial charge in [0.2, 0.25) is 0 Å². The van der Waals surface area contributed by atoms with Gasteiger partial charge in [0.05, 0.1) is 17.5 Å². The Morgan fingerprint density at radius 2 is 1.80 bits per heavy atom. The normalized spacial score (nSPS) is 24.6. The molecule has 0 spiro atoms. The van der Waals surface area contributed by atoms with E-state index in [0.717, 1.165) is 11.4 Å². The van der Waals surface area contributed by atoms with Crippen molar-refractivity contribution in [3.63, 3.8) is 0 Å². The van der Waals surface area contributed by atoms with Gasteiger partial charge in [0.15, 0.2) is 15.0 Å². The summed E-state index contributed by atoms with van der Waals surface area (Å²) in [5.74, 6) is 1.28. The van der Waals surface area contributed by atoms with E-state index in [0.29, 0.717) is 17.3 Å². The fraction of sp³-hybridized carbons (Fsp3) is 0.364. The molecule has 0 radical (unpaired) electrons. The monoisotopic (exact) mass is 444 g/mol. The number of amidine groups is 1. The highest BCUT2D eigenvalue weighted by molar-refractivity contribution is 8.16. The van der Waals surface area contributed by atoms with E-state index in [9.17, 15) is 13.2 Å². The fourth-order valence-electron chi connectivity index (χ4n) is 3.54. The van der Waals surface area contributed by atoms with E-state index in [1.807, 2.05) is 73.3 Å². The maximum atomic E-state index is 12.4. The molecule has 2 aliphatic rings. The molecule has 4 rings (SSSR count). The highest BCUT2D eigenvalue weighted by Gasteiger charge is 2.49. The summed E-state index contributed by atoms with van der Waals surface area (Å²) in [6.45, 7) is 3.81. The SMILES string of the molecule is CC[C@@H](C)C(=O)N=C1S[C@H]2CS(=O)(=O)C[C@H]2N1c1ccc(Oc2ccccc2)cc1. The Balaban J connectivity index is 1.62. The summed E-state index contributed by atoms with van der Waals surface area (Å²) >= 11 is 1.39. The van der Waals surface area contributed by atoms with Crippen LogP contribution in [0.2, 0.25) is 0 Å². The zero-order valence-electron chi connectivity index (χ0n) is 16.9. The number of benzene rings is 2. The van der Waals surface area contributed by atoms with Crippen molar-refractivity contribution in [2.24, 2.45) is 10.9 Å². The molecule has 2 aromatic rings.